The van der Waals surface area contributed by atoms with Crippen LogP contribution in [0.3, 0.4) is 0 Å². The first kappa shape index (κ1) is 15.3. The van der Waals surface area contributed by atoms with Crippen LogP contribution in [0.15, 0.2) is 23.1 Å². The summed E-state index contributed by atoms with van der Waals surface area (Å²) in [5.74, 6) is 0.413. The van der Waals surface area contributed by atoms with E-state index >= 15 is 0 Å². The van der Waals surface area contributed by atoms with E-state index < -0.39 is 10.0 Å². The van der Waals surface area contributed by atoms with Gasteiger partial charge in [-0.2, -0.15) is 5.26 Å². The summed E-state index contributed by atoms with van der Waals surface area (Å²) in [7, 11) is -3.61. The molecular weight excluding hydrogens is 296 g/mol. The maximum Gasteiger partial charge on any atom is 0.242 e. The Labute approximate surface area is 124 Å². The molecule has 0 aliphatic heterocycles. The van der Waals surface area contributed by atoms with Gasteiger partial charge in [0.25, 0.3) is 0 Å². The minimum atomic E-state index is -3.61. The van der Waals surface area contributed by atoms with E-state index in [1.807, 2.05) is 6.07 Å². The van der Waals surface area contributed by atoms with Crippen molar-refractivity contribution in [1.82, 2.24) is 4.72 Å². The lowest BCUT2D eigenvalue weighted by molar-refractivity contribution is 0.357. The van der Waals surface area contributed by atoms with Crippen LogP contribution in [0.5, 0.6) is 0 Å². The van der Waals surface area contributed by atoms with Gasteiger partial charge in [-0.1, -0.05) is 30.9 Å². The van der Waals surface area contributed by atoms with Crippen LogP contribution in [0.2, 0.25) is 5.02 Å². The van der Waals surface area contributed by atoms with Crippen LogP contribution in [-0.2, 0) is 10.0 Å². The molecule has 1 N–H and O–H groups in total. The van der Waals surface area contributed by atoms with Crippen molar-refractivity contribution in [3.8, 4) is 6.07 Å². The van der Waals surface area contributed by atoms with E-state index in [0.717, 1.165) is 12.8 Å². The largest absolute Gasteiger partial charge is 0.242 e. The third-order valence-electron chi connectivity index (χ3n) is 3.64. The number of hydrogen-bond donors (Lipinski definition) is 1. The number of hydrogen-bond acceptors (Lipinski definition) is 3. The summed E-state index contributed by atoms with van der Waals surface area (Å²) in [6, 6.07) is 6.14. The van der Waals surface area contributed by atoms with Crippen molar-refractivity contribution in [2.24, 2.45) is 5.92 Å². The maximum absolute atomic E-state index is 12.2. The maximum atomic E-state index is 12.2. The third kappa shape index (κ3) is 3.72. The lowest BCUT2D eigenvalue weighted by atomic mass is 9.90. The summed E-state index contributed by atoms with van der Waals surface area (Å²) in [6.45, 7) is 0.457. The minimum Gasteiger partial charge on any atom is -0.211 e. The Morgan fingerprint density at radius 1 is 1.30 bits per heavy atom. The molecule has 4 nitrogen and oxygen atoms in total. The summed E-state index contributed by atoms with van der Waals surface area (Å²) in [5, 5.41) is 8.84. The van der Waals surface area contributed by atoms with E-state index in [1.165, 1.54) is 37.5 Å². The van der Waals surface area contributed by atoms with Gasteiger partial charge in [0.1, 0.15) is 4.90 Å². The van der Waals surface area contributed by atoms with Crippen molar-refractivity contribution in [2.75, 3.05) is 6.54 Å². The average Bonchev–Trinajstić information content (AvgIpc) is 2.46. The number of halogens is 1. The lowest BCUT2D eigenvalue weighted by Gasteiger charge is -2.21. The molecule has 1 aromatic carbocycles. The van der Waals surface area contributed by atoms with E-state index in [-0.39, 0.29) is 9.92 Å². The van der Waals surface area contributed by atoms with Gasteiger partial charge in [0.05, 0.1) is 16.7 Å². The molecule has 20 heavy (non-hydrogen) atoms. The van der Waals surface area contributed by atoms with E-state index in [0.29, 0.717) is 18.0 Å². The summed E-state index contributed by atoms with van der Waals surface area (Å²) >= 11 is 5.94. The first-order valence-corrected chi connectivity index (χ1v) is 8.58. The van der Waals surface area contributed by atoms with Crippen molar-refractivity contribution < 1.29 is 8.42 Å². The van der Waals surface area contributed by atoms with Crippen LogP contribution in [0, 0.1) is 17.2 Å². The zero-order chi connectivity index (χ0) is 14.6. The molecule has 6 heteroatoms. The number of nitrogens with one attached hydrogen (secondary N) is 1. The quantitative estimate of drug-likeness (QED) is 0.928. The molecule has 0 amide bonds. The zero-order valence-electron chi connectivity index (χ0n) is 11.1. The van der Waals surface area contributed by atoms with Gasteiger partial charge in [-0.15, -0.1) is 0 Å². The lowest BCUT2D eigenvalue weighted by Crippen LogP contribution is -2.30. The number of sulfonamides is 1. The van der Waals surface area contributed by atoms with E-state index in [4.69, 9.17) is 16.9 Å². The number of nitrogens with zero attached hydrogens (tertiary/aromatic N) is 1. The molecule has 0 aromatic heterocycles. The molecule has 0 radical (unpaired) electrons. The second-order valence-electron chi connectivity index (χ2n) is 5.11. The highest BCUT2D eigenvalue weighted by molar-refractivity contribution is 7.89. The van der Waals surface area contributed by atoms with Crippen LogP contribution in [0.1, 0.15) is 37.7 Å². The molecule has 0 spiro atoms. The Morgan fingerprint density at radius 2 is 2.00 bits per heavy atom. The van der Waals surface area contributed by atoms with Crippen molar-refractivity contribution in [3.63, 3.8) is 0 Å². The van der Waals surface area contributed by atoms with Gasteiger partial charge in [-0.05, 0) is 37.0 Å². The molecule has 108 valence electrons. The summed E-state index contributed by atoms with van der Waals surface area (Å²) in [6.07, 6.45) is 5.73. The second kappa shape index (κ2) is 6.57. The van der Waals surface area contributed by atoms with Gasteiger partial charge in [-0.3, -0.25) is 0 Å². The Bertz CT molecular complexity index is 617. The summed E-state index contributed by atoms with van der Waals surface area (Å²) in [5.41, 5.74) is 0.348. The van der Waals surface area contributed by atoms with Crippen molar-refractivity contribution in [1.29, 1.82) is 5.26 Å². The molecule has 0 heterocycles. The fourth-order valence-corrected chi connectivity index (χ4v) is 4.14. The highest BCUT2D eigenvalue weighted by atomic mass is 35.5. The van der Waals surface area contributed by atoms with Gasteiger partial charge >= 0.3 is 0 Å². The SMILES string of the molecule is N#Cc1ccc(S(=O)(=O)NCC2CCCCC2)c(Cl)c1. The Balaban J connectivity index is 2.08. The fourth-order valence-electron chi connectivity index (χ4n) is 2.48. The van der Waals surface area contributed by atoms with Crippen molar-refractivity contribution in [3.05, 3.63) is 28.8 Å². The van der Waals surface area contributed by atoms with Gasteiger partial charge in [-0.25, -0.2) is 13.1 Å². The van der Waals surface area contributed by atoms with Crippen LogP contribution < -0.4 is 4.72 Å². The van der Waals surface area contributed by atoms with Gasteiger partial charge in [0, 0.05) is 6.54 Å². The van der Waals surface area contributed by atoms with Crippen LogP contribution >= 0.6 is 11.6 Å². The average molecular weight is 313 g/mol. The molecule has 1 saturated carbocycles. The van der Waals surface area contributed by atoms with Gasteiger partial charge in [0.2, 0.25) is 10.0 Å². The second-order valence-corrected chi connectivity index (χ2v) is 7.26. The molecule has 0 bridgehead atoms. The molecule has 1 fully saturated rings. The van der Waals surface area contributed by atoms with Gasteiger partial charge in [0.15, 0.2) is 0 Å². The predicted octanol–water partition coefficient (Wildman–Crippen LogP) is 3.07. The van der Waals surface area contributed by atoms with Crippen LogP contribution in [0.25, 0.3) is 0 Å². The zero-order valence-corrected chi connectivity index (χ0v) is 12.7. The van der Waals surface area contributed by atoms with Crippen LogP contribution in [0.4, 0.5) is 0 Å². The molecule has 1 aromatic rings. The molecule has 1 aliphatic rings. The van der Waals surface area contributed by atoms with Crippen LogP contribution in [-0.4, -0.2) is 15.0 Å². The van der Waals surface area contributed by atoms with E-state index in [9.17, 15) is 8.42 Å². The minimum absolute atomic E-state index is 0.0361. The highest BCUT2D eigenvalue weighted by Crippen LogP contribution is 2.25. The Morgan fingerprint density at radius 3 is 2.60 bits per heavy atom. The van der Waals surface area contributed by atoms with Gasteiger partial charge < -0.3 is 0 Å². The van der Waals surface area contributed by atoms with E-state index in [2.05, 4.69) is 4.72 Å². The molecule has 1 aliphatic carbocycles. The van der Waals surface area contributed by atoms with Crippen molar-refractivity contribution >= 4 is 21.6 Å². The van der Waals surface area contributed by atoms with E-state index in [1.54, 1.807) is 0 Å². The summed E-state index contributed by atoms with van der Waals surface area (Å²) in [4.78, 5) is 0.0361. The fraction of sp³-hybridized carbons (Fsp3) is 0.500. The summed E-state index contributed by atoms with van der Waals surface area (Å²) < 4.78 is 27.1. The monoisotopic (exact) mass is 312 g/mol. The highest BCUT2D eigenvalue weighted by Gasteiger charge is 2.21. The third-order valence-corrected chi connectivity index (χ3v) is 5.54. The van der Waals surface area contributed by atoms with Crippen molar-refractivity contribution in [2.45, 2.75) is 37.0 Å². The first-order valence-electron chi connectivity index (χ1n) is 6.72. The molecule has 0 unspecified atom stereocenters. The first-order chi connectivity index (χ1) is 9.53. The number of benzene rings is 1. The molecular formula is C14H17ClN2O2S. The molecule has 0 saturated heterocycles. The molecule has 2 rings (SSSR count). The Kier molecular flexibility index (Phi) is 5.03. The number of nitriles is 1. The number of rotatable bonds is 4. The predicted molar refractivity (Wildman–Crippen MR) is 77.9 cm³/mol. The smallest absolute Gasteiger partial charge is 0.211 e. The standard InChI is InChI=1S/C14H17ClN2O2S/c15-13-8-12(9-16)6-7-14(13)20(18,19)17-10-11-4-2-1-3-5-11/h6-8,11,17H,1-5,10H2. The normalized spacial score (nSPS) is 16.8. The Hall–Kier alpha value is -1.09. The molecule has 0 atom stereocenters. The topological polar surface area (TPSA) is 70.0 Å².